The van der Waals surface area contributed by atoms with Crippen LogP contribution in [0.2, 0.25) is 0 Å². The summed E-state index contributed by atoms with van der Waals surface area (Å²) >= 11 is 3.44. The number of urea groups is 1. The number of ether oxygens (including phenoxy) is 2. The maximum Gasteiger partial charge on any atom is 0.319 e. The van der Waals surface area contributed by atoms with E-state index in [0.29, 0.717) is 6.54 Å². The zero-order chi connectivity index (χ0) is 16.2. The molecule has 0 aliphatic carbocycles. The average molecular weight is 377 g/mol. The van der Waals surface area contributed by atoms with Crippen LogP contribution in [0.1, 0.15) is 11.1 Å². The molecule has 2 aromatic carbocycles. The lowest BCUT2D eigenvalue weighted by Crippen LogP contribution is -2.30. The van der Waals surface area contributed by atoms with Crippen molar-refractivity contribution in [2.45, 2.75) is 13.3 Å². The Morgan fingerprint density at radius 3 is 2.83 bits per heavy atom. The van der Waals surface area contributed by atoms with Gasteiger partial charge in [0.2, 0.25) is 6.79 Å². The summed E-state index contributed by atoms with van der Waals surface area (Å²) in [5.74, 6) is 1.53. The van der Waals surface area contributed by atoms with E-state index < -0.39 is 0 Å². The van der Waals surface area contributed by atoms with Gasteiger partial charge in [0.15, 0.2) is 11.5 Å². The molecule has 0 saturated heterocycles. The Bertz CT molecular complexity index is 734. The summed E-state index contributed by atoms with van der Waals surface area (Å²) in [5.41, 5.74) is 2.97. The third-order valence-electron chi connectivity index (χ3n) is 3.51. The van der Waals surface area contributed by atoms with Gasteiger partial charge < -0.3 is 20.1 Å². The SMILES string of the molecule is Cc1ccc(NC(=O)NCCc2ccc3c(c2)OCO3)c(Br)c1. The molecule has 0 aromatic heterocycles. The maximum atomic E-state index is 11.9. The van der Waals surface area contributed by atoms with E-state index >= 15 is 0 Å². The fourth-order valence-electron chi connectivity index (χ4n) is 2.30. The molecule has 0 atom stereocenters. The molecule has 0 bridgehead atoms. The standard InChI is InChI=1S/C17H17BrN2O3/c1-11-2-4-14(13(18)8-11)20-17(21)19-7-6-12-3-5-15-16(9-12)23-10-22-15/h2-5,8-9H,6-7,10H2,1H3,(H2,19,20,21). The van der Waals surface area contributed by atoms with Crippen molar-refractivity contribution in [3.8, 4) is 11.5 Å². The lowest BCUT2D eigenvalue weighted by atomic mass is 10.1. The lowest BCUT2D eigenvalue weighted by molar-refractivity contribution is 0.174. The number of halogens is 1. The van der Waals surface area contributed by atoms with Gasteiger partial charge >= 0.3 is 6.03 Å². The number of anilines is 1. The fourth-order valence-corrected chi connectivity index (χ4v) is 2.90. The van der Waals surface area contributed by atoms with Gasteiger partial charge in [-0.2, -0.15) is 0 Å². The highest BCUT2D eigenvalue weighted by atomic mass is 79.9. The van der Waals surface area contributed by atoms with Crippen LogP contribution < -0.4 is 20.1 Å². The van der Waals surface area contributed by atoms with Crippen molar-refractivity contribution in [1.82, 2.24) is 5.32 Å². The Morgan fingerprint density at radius 2 is 2.00 bits per heavy atom. The second-order valence-electron chi connectivity index (χ2n) is 5.30. The topological polar surface area (TPSA) is 59.6 Å². The minimum Gasteiger partial charge on any atom is -0.454 e. The van der Waals surface area contributed by atoms with Crippen molar-refractivity contribution in [2.75, 3.05) is 18.7 Å². The van der Waals surface area contributed by atoms with E-state index in [4.69, 9.17) is 9.47 Å². The molecule has 1 heterocycles. The predicted molar refractivity (Wildman–Crippen MR) is 92.2 cm³/mol. The van der Waals surface area contributed by atoms with Gasteiger partial charge in [-0.1, -0.05) is 12.1 Å². The summed E-state index contributed by atoms with van der Waals surface area (Å²) in [4.78, 5) is 11.9. The highest BCUT2D eigenvalue weighted by Crippen LogP contribution is 2.32. The predicted octanol–water partition coefficient (Wildman–Crippen LogP) is 3.85. The first-order chi connectivity index (χ1) is 11.1. The van der Waals surface area contributed by atoms with Crippen molar-refractivity contribution < 1.29 is 14.3 Å². The molecule has 0 fully saturated rings. The van der Waals surface area contributed by atoms with Crippen molar-refractivity contribution >= 4 is 27.6 Å². The first kappa shape index (κ1) is 15.7. The second kappa shape index (κ2) is 6.91. The molecule has 120 valence electrons. The number of carbonyl (C=O) groups excluding carboxylic acids is 1. The van der Waals surface area contributed by atoms with Crippen LogP contribution in [0.15, 0.2) is 40.9 Å². The van der Waals surface area contributed by atoms with Gasteiger partial charge in [0, 0.05) is 11.0 Å². The molecule has 1 aliphatic heterocycles. The summed E-state index contributed by atoms with van der Waals surface area (Å²) in [6.07, 6.45) is 0.721. The van der Waals surface area contributed by atoms with E-state index in [2.05, 4.69) is 26.6 Å². The minimum atomic E-state index is -0.227. The Labute approximate surface area is 143 Å². The zero-order valence-electron chi connectivity index (χ0n) is 12.7. The van der Waals surface area contributed by atoms with E-state index in [0.717, 1.165) is 39.2 Å². The first-order valence-electron chi connectivity index (χ1n) is 7.31. The normalized spacial score (nSPS) is 12.1. The van der Waals surface area contributed by atoms with Crippen LogP contribution in [0, 0.1) is 6.92 Å². The Morgan fingerprint density at radius 1 is 1.17 bits per heavy atom. The lowest BCUT2D eigenvalue weighted by Gasteiger charge is -2.10. The molecule has 0 radical (unpaired) electrons. The Kier molecular flexibility index (Phi) is 4.71. The molecule has 23 heavy (non-hydrogen) atoms. The molecule has 2 N–H and O–H groups in total. The van der Waals surface area contributed by atoms with Crippen LogP contribution in [0.3, 0.4) is 0 Å². The number of nitrogens with one attached hydrogen (secondary N) is 2. The third kappa shape index (κ3) is 3.96. The number of hydrogen-bond acceptors (Lipinski definition) is 3. The smallest absolute Gasteiger partial charge is 0.319 e. The summed E-state index contributed by atoms with van der Waals surface area (Å²) in [7, 11) is 0. The van der Waals surface area contributed by atoms with Gasteiger partial charge in [-0.05, 0) is 64.7 Å². The highest BCUT2D eigenvalue weighted by molar-refractivity contribution is 9.10. The number of hydrogen-bond donors (Lipinski definition) is 2. The number of aryl methyl sites for hydroxylation is 1. The average Bonchev–Trinajstić information content (AvgIpc) is 2.98. The van der Waals surface area contributed by atoms with Gasteiger partial charge in [0.25, 0.3) is 0 Å². The molecular weight excluding hydrogens is 360 g/mol. The van der Waals surface area contributed by atoms with E-state index in [-0.39, 0.29) is 12.8 Å². The molecule has 3 rings (SSSR count). The molecule has 2 aromatic rings. The summed E-state index contributed by atoms with van der Waals surface area (Å²) in [6, 6.07) is 11.4. The number of fused-ring (bicyclic) bond motifs is 1. The Hall–Kier alpha value is -2.21. The first-order valence-corrected chi connectivity index (χ1v) is 8.10. The zero-order valence-corrected chi connectivity index (χ0v) is 14.3. The summed E-state index contributed by atoms with van der Waals surface area (Å²) in [6.45, 7) is 2.81. The van der Waals surface area contributed by atoms with E-state index in [1.54, 1.807) is 0 Å². The van der Waals surface area contributed by atoms with Gasteiger partial charge in [0.05, 0.1) is 5.69 Å². The molecule has 6 heteroatoms. The molecule has 0 saturated carbocycles. The maximum absolute atomic E-state index is 11.9. The Balaban J connectivity index is 1.49. The largest absolute Gasteiger partial charge is 0.454 e. The van der Waals surface area contributed by atoms with Crippen LogP contribution in [-0.4, -0.2) is 19.4 Å². The monoisotopic (exact) mass is 376 g/mol. The number of amides is 2. The highest BCUT2D eigenvalue weighted by Gasteiger charge is 2.13. The number of carbonyl (C=O) groups is 1. The van der Waals surface area contributed by atoms with Gasteiger partial charge in [-0.15, -0.1) is 0 Å². The number of benzene rings is 2. The van der Waals surface area contributed by atoms with Crippen LogP contribution in [0.5, 0.6) is 11.5 Å². The molecular formula is C17H17BrN2O3. The van der Waals surface area contributed by atoms with Gasteiger partial charge in [-0.3, -0.25) is 0 Å². The van der Waals surface area contributed by atoms with E-state index in [9.17, 15) is 4.79 Å². The molecule has 5 nitrogen and oxygen atoms in total. The van der Waals surface area contributed by atoms with E-state index in [1.807, 2.05) is 43.3 Å². The summed E-state index contributed by atoms with van der Waals surface area (Å²) < 4.78 is 11.5. The molecule has 0 unspecified atom stereocenters. The van der Waals surface area contributed by atoms with Crippen LogP contribution in [0.25, 0.3) is 0 Å². The van der Waals surface area contributed by atoms with Crippen molar-refractivity contribution in [1.29, 1.82) is 0 Å². The van der Waals surface area contributed by atoms with Gasteiger partial charge in [0.1, 0.15) is 0 Å². The number of rotatable bonds is 4. The van der Waals surface area contributed by atoms with Crippen molar-refractivity contribution in [2.24, 2.45) is 0 Å². The molecule has 2 amide bonds. The summed E-state index contributed by atoms with van der Waals surface area (Å²) in [5, 5.41) is 5.67. The van der Waals surface area contributed by atoms with Crippen molar-refractivity contribution in [3.05, 3.63) is 52.0 Å². The fraction of sp³-hybridized carbons (Fsp3) is 0.235. The van der Waals surface area contributed by atoms with Crippen LogP contribution >= 0.6 is 15.9 Å². The quantitative estimate of drug-likeness (QED) is 0.851. The van der Waals surface area contributed by atoms with Gasteiger partial charge in [-0.25, -0.2) is 4.79 Å². The van der Waals surface area contributed by atoms with Crippen LogP contribution in [-0.2, 0) is 6.42 Å². The van der Waals surface area contributed by atoms with Crippen molar-refractivity contribution in [3.63, 3.8) is 0 Å². The van der Waals surface area contributed by atoms with Crippen LogP contribution in [0.4, 0.5) is 10.5 Å². The second-order valence-corrected chi connectivity index (χ2v) is 6.16. The molecule has 0 spiro atoms. The third-order valence-corrected chi connectivity index (χ3v) is 4.17. The van der Waals surface area contributed by atoms with E-state index in [1.165, 1.54) is 0 Å². The minimum absolute atomic E-state index is 0.227. The molecule has 1 aliphatic rings.